The van der Waals surface area contributed by atoms with E-state index in [0.717, 1.165) is 19.3 Å². The normalized spacial score (nSPS) is 17.1. The first kappa shape index (κ1) is 13.6. The molecule has 0 unspecified atom stereocenters. The van der Waals surface area contributed by atoms with Crippen molar-refractivity contribution in [2.45, 2.75) is 24.9 Å². The van der Waals surface area contributed by atoms with Crippen molar-refractivity contribution in [2.24, 2.45) is 0 Å². The lowest BCUT2D eigenvalue weighted by molar-refractivity contribution is -0.0679. The predicted octanol–water partition coefficient (Wildman–Crippen LogP) is 2.69. The Morgan fingerprint density at radius 2 is 2.28 bits per heavy atom. The summed E-state index contributed by atoms with van der Waals surface area (Å²) in [5.74, 6) is -0.257. The van der Waals surface area contributed by atoms with E-state index in [1.54, 1.807) is 7.11 Å². The zero-order chi connectivity index (χ0) is 13.2. The Morgan fingerprint density at radius 1 is 1.56 bits per heavy atom. The van der Waals surface area contributed by atoms with Crippen LogP contribution in [0.3, 0.4) is 0 Å². The molecule has 1 aliphatic rings. The quantitative estimate of drug-likeness (QED) is 0.867. The molecule has 98 valence electrons. The fourth-order valence-corrected chi connectivity index (χ4v) is 2.30. The first-order valence-corrected chi connectivity index (χ1v) is 6.46. The summed E-state index contributed by atoms with van der Waals surface area (Å²) in [4.78, 5) is 15.8. The average Bonchev–Trinajstić information content (AvgIpc) is 2.31. The van der Waals surface area contributed by atoms with Gasteiger partial charge in [-0.2, -0.15) is 0 Å². The Labute approximate surface area is 116 Å². The summed E-state index contributed by atoms with van der Waals surface area (Å²) in [5, 5.41) is 3.36. The Bertz CT molecular complexity index is 456. The van der Waals surface area contributed by atoms with E-state index in [0.29, 0.717) is 12.1 Å². The number of halogens is 2. The van der Waals surface area contributed by atoms with Crippen LogP contribution in [0.25, 0.3) is 0 Å². The van der Waals surface area contributed by atoms with Gasteiger partial charge < -0.3 is 10.1 Å². The summed E-state index contributed by atoms with van der Waals surface area (Å²) in [6.45, 7) is 0.485. The number of nitrogens with zero attached hydrogens (tertiary/aromatic N) is 1. The molecule has 4 nitrogen and oxygen atoms in total. The molecule has 1 aromatic heterocycles. The van der Waals surface area contributed by atoms with Gasteiger partial charge in [0.05, 0.1) is 16.2 Å². The number of rotatable bonds is 4. The molecule has 0 saturated heterocycles. The highest BCUT2D eigenvalue weighted by Crippen LogP contribution is 2.34. The molecule has 0 aliphatic heterocycles. The van der Waals surface area contributed by atoms with Gasteiger partial charge in [-0.15, -0.1) is 0 Å². The molecule has 6 heteroatoms. The zero-order valence-corrected chi connectivity index (χ0v) is 11.5. The van der Waals surface area contributed by atoms with Crippen LogP contribution in [-0.2, 0) is 4.74 Å². The molecule has 1 saturated carbocycles. The molecule has 0 bridgehead atoms. The van der Waals surface area contributed by atoms with Crippen LogP contribution in [0.15, 0.2) is 12.3 Å². The second-order valence-corrected chi connectivity index (χ2v) is 5.20. The van der Waals surface area contributed by atoms with Crippen molar-refractivity contribution >= 4 is 29.1 Å². The Morgan fingerprint density at radius 3 is 2.83 bits per heavy atom. The van der Waals surface area contributed by atoms with Crippen molar-refractivity contribution < 1.29 is 9.53 Å². The molecule has 1 amide bonds. The maximum atomic E-state index is 12.0. The van der Waals surface area contributed by atoms with Gasteiger partial charge >= 0.3 is 0 Å². The van der Waals surface area contributed by atoms with Crippen LogP contribution >= 0.6 is 23.2 Å². The summed E-state index contributed by atoms with van der Waals surface area (Å²) < 4.78 is 5.43. The van der Waals surface area contributed by atoms with E-state index in [-0.39, 0.29) is 21.7 Å². The smallest absolute Gasteiger partial charge is 0.253 e. The van der Waals surface area contributed by atoms with Gasteiger partial charge in [-0.25, -0.2) is 4.98 Å². The van der Waals surface area contributed by atoms with Crippen LogP contribution in [0.5, 0.6) is 0 Å². The van der Waals surface area contributed by atoms with Crippen molar-refractivity contribution in [3.63, 3.8) is 0 Å². The fourth-order valence-electron chi connectivity index (χ4n) is 1.95. The zero-order valence-electron chi connectivity index (χ0n) is 10.0. The molecule has 2 rings (SSSR count). The molecule has 0 radical (unpaired) electrons. The Balaban J connectivity index is 2.01. The number of carbonyl (C=O) groups is 1. The molecular weight excluding hydrogens is 275 g/mol. The van der Waals surface area contributed by atoms with Gasteiger partial charge in [0.15, 0.2) is 0 Å². The average molecular weight is 289 g/mol. The van der Waals surface area contributed by atoms with Crippen molar-refractivity contribution in [1.29, 1.82) is 0 Å². The van der Waals surface area contributed by atoms with Crippen LogP contribution in [0, 0.1) is 0 Å². The molecule has 0 atom stereocenters. The largest absolute Gasteiger partial charge is 0.376 e. The standard InChI is InChI=1S/C12H14Cl2N2O2/c1-18-12(3-2-4-12)7-16-11(17)8-5-10(14)15-6-9(8)13/h5-6H,2-4,7H2,1H3,(H,16,17). The second-order valence-electron chi connectivity index (χ2n) is 4.41. The number of methoxy groups -OCH3 is 1. The van der Waals surface area contributed by atoms with Crippen molar-refractivity contribution in [2.75, 3.05) is 13.7 Å². The molecular formula is C12H14Cl2N2O2. The fraction of sp³-hybridized carbons (Fsp3) is 0.500. The molecule has 0 aromatic carbocycles. The number of aromatic nitrogens is 1. The summed E-state index contributed by atoms with van der Waals surface area (Å²) in [6.07, 6.45) is 4.43. The highest BCUT2D eigenvalue weighted by molar-refractivity contribution is 6.35. The highest BCUT2D eigenvalue weighted by atomic mass is 35.5. The predicted molar refractivity (Wildman–Crippen MR) is 70.2 cm³/mol. The van der Waals surface area contributed by atoms with Gasteiger partial charge in [-0.3, -0.25) is 4.79 Å². The SMILES string of the molecule is COC1(CNC(=O)c2cc(Cl)ncc2Cl)CCC1. The molecule has 1 fully saturated rings. The third-order valence-electron chi connectivity index (χ3n) is 3.34. The van der Waals surface area contributed by atoms with E-state index in [1.807, 2.05) is 0 Å². The van der Waals surface area contributed by atoms with E-state index >= 15 is 0 Å². The number of ether oxygens (including phenoxy) is 1. The van der Waals surface area contributed by atoms with Crippen LogP contribution in [0.2, 0.25) is 10.2 Å². The summed E-state index contributed by atoms with van der Waals surface area (Å²) in [6, 6.07) is 1.46. The van der Waals surface area contributed by atoms with Gasteiger partial charge in [0.1, 0.15) is 5.15 Å². The number of hydrogen-bond donors (Lipinski definition) is 1. The van der Waals surface area contributed by atoms with Crippen molar-refractivity contribution in [3.05, 3.63) is 28.0 Å². The van der Waals surface area contributed by atoms with Crippen molar-refractivity contribution in [3.8, 4) is 0 Å². The third kappa shape index (κ3) is 2.76. The lowest BCUT2D eigenvalue weighted by Crippen LogP contribution is -2.49. The van der Waals surface area contributed by atoms with Crippen LogP contribution in [0.1, 0.15) is 29.6 Å². The minimum atomic E-state index is -0.257. The molecule has 1 heterocycles. The van der Waals surface area contributed by atoms with E-state index in [1.165, 1.54) is 12.3 Å². The van der Waals surface area contributed by atoms with Crippen LogP contribution in [-0.4, -0.2) is 30.1 Å². The highest BCUT2D eigenvalue weighted by Gasteiger charge is 2.37. The minimum Gasteiger partial charge on any atom is -0.376 e. The first-order chi connectivity index (χ1) is 8.56. The number of hydrogen-bond acceptors (Lipinski definition) is 3. The minimum absolute atomic E-state index is 0.209. The third-order valence-corrected chi connectivity index (χ3v) is 3.84. The number of pyridine rings is 1. The van der Waals surface area contributed by atoms with E-state index < -0.39 is 0 Å². The second kappa shape index (κ2) is 5.43. The maximum absolute atomic E-state index is 12.0. The van der Waals surface area contributed by atoms with E-state index in [4.69, 9.17) is 27.9 Å². The first-order valence-electron chi connectivity index (χ1n) is 5.71. The topological polar surface area (TPSA) is 51.2 Å². The summed E-state index contributed by atoms with van der Waals surface area (Å²) in [5.41, 5.74) is 0.126. The van der Waals surface area contributed by atoms with Gasteiger partial charge in [0.25, 0.3) is 5.91 Å². The molecule has 0 spiro atoms. The lowest BCUT2D eigenvalue weighted by Gasteiger charge is -2.40. The summed E-state index contributed by atoms with van der Waals surface area (Å²) in [7, 11) is 1.67. The van der Waals surface area contributed by atoms with Gasteiger partial charge in [0, 0.05) is 19.9 Å². The lowest BCUT2D eigenvalue weighted by atomic mass is 9.80. The van der Waals surface area contributed by atoms with Crippen LogP contribution in [0.4, 0.5) is 0 Å². The molecule has 1 aromatic rings. The molecule has 1 aliphatic carbocycles. The number of nitrogens with one attached hydrogen (secondary N) is 1. The van der Waals surface area contributed by atoms with Gasteiger partial charge in [-0.1, -0.05) is 23.2 Å². The summed E-state index contributed by atoms with van der Waals surface area (Å²) >= 11 is 11.7. The Kier molecular flexibility index (Phi) is 4.10. The monoisotopic (exact) mass is 288 g/mol. The molecule has 18 heavy (non-hydrogen) atoms. The maximum Gasteiger partial charge on any atom is 0.253 e. The molecule has 1 N–H and O–H groups in total. The van der Waals surface area contributed by atoms with E-state index in [9.17, 15) is 4.79 Å². The van der Waals surface area contributed by atoms with Crippen LogP contribution < -0.4 is 5.32 Å². The Hall–Kier alpha value is -0.840. The van der Waals surface area contributed by atoms with Gasteiger partial charge in [-0.05, 0) is 25.3 Å². The number of carbonyl (C=O) groups excluding carboxylic acids is 1. The van der Waals surface area contributed by atoms with Gasteiger partial charge in [0.2, 0.25) is 0 Å². The van der Waals surface area contributed by atoms with E-state index in [2.05, 4.69) is 10.3 Å². The number of amides is 1. The van der Waals surface area contributed by atoms with Crippen molar-refractivity contribution in [1.82, 2.24) is 10.3 Å².